The van der Waals surface area contributed by atoms with Gasteiger partial charge in [-0.1, -0.05) is 23.3 Å². The molecule has 1 aliphatic rings. The van der Waals surface area contributed by atoms with Crippen LogP contribution in [-0.4, -0.2) is 18.2 Å². The summed E-state index contributed by atoms with van der Waals surface area (Å²) in [6.07, 6.45) is 4.01. The predicted molar refractivity (Wildman–Crippen MR) is 47.5 cm³/mol. The zero-order chi connectivity index (χ0) is 9.35. The molecule has 12 heavy (non-hydrogen) atoms. The topological polar surface area (TPSA) is 54.4 Å². The van der Waals surface area contributed by atoms with Crippen LogP contribution in [0.15, 0.2) is 23.3 Å². The molecule has 1 rings (SSSR count). The van der Waals surface area contributed by atoms with Crippen molar-refractivity contribution in [3.8, 4) is 0 Å². The Balaban J connectivity index is 3.00. The second-order valence-corrected chi connectivity index (χ2v) is 4.73. The van der Waals surface area contributed by atoms with Crippen molar-refractivity contribution < 1.29 is 13.0 Å². The fourth-order valence-electron chi connectivity index (χ4n) is 1.24. The molecule has 0 aromatic heterocycles. The highest BCUT2D eigenvalue weighted by Crippen LogP contribution is 2.23. The normalized spacial score (nSPS) is 24.8. The van der Waals surface area contributed by atoms with E-state index in [2.05, 4.69) is 0 Å². The van der Waals surface area contributed by atoms with Gasteiger partial charge in [0.2, 0.25) is 0 Å². The molecular weight excluding hydrogens is 176 g/mol. The second-order valence-electron chi connectivity index (χ2n) is 3.13. The lowest BCUT2D eigenvalue weighted by Crippen LogP contribution is -2.23. The quantitative estimate of drug-likeness (QED) is 0.635. The largest absolute Gasteiger partial charge is 0.285 e. The highest BCUT2D eigenvalue weighted by atomic mass is 32.2. The van der Waals surface area contributed by atoms with Gasteiger partial charge in [0.15, 0.2) is 0 Å². The smallest absolute Gasteiger partial charge is 0.271 e. The molecule has 0 bridgehead atoms. The van der Waals surface area contributed by atoms with Crippen LogP contribution in [0.3, 0.4) is 0 Å². The standard InChI is InChI=1S/C8H12O3S/c1-6-3-4-7(2)8(5-6)12(9,10)11/h3-4,8H,5H2,1-2H3,(H,9,10,11). The predicted octanol–water partition coefficient (Wildman–Crippen LogP) is 1.54. The van der Waals surface area contributed by atoms with Crippen molar-refractivity contribution >= 4 is 10.1 Å². The molecule has 68 valence electrons. The molecule has 0 radical (unpaired) electrons. The van der Waals surface area contributed by atoms with E-state index in [1.807, 2.05) is 13.0 Å². The molecule has 3 nitrogen and oxygen atoms in total. The van der Waals surface area contributed by atoms with Crippen molar-refractivity contribution in [1.29, 1.82) is 0 Å². The van der Waals surface area contributed by atoms with Gasteiger partial charge in [0, 0.05) is 0 Å². The van der Waals surface area contributed by atoms with Crippen LogP contribution in [0.1, 0.15) is 20.3 Å². The van der Waals surface area contributed by atoms with Gasteiger partial charge in [-0.15, -0.1) is 0 Å². The third-order valence-corrected chi connectivity index (χ3v) is 3.26. The van der Waals surface area contributed by atoms with Crippen LogP contribution in [0, 0.1) is 0 Å². The van der Waals surface area contributed by atoms with E-state index in [4.69, 9.17) is 4.55 Å². The minimum Gasteiger partial charge on any atom is -0.285 e. The highest BCUT2D eigenvalue weighted by Gasteiger charge is 2.26. The molecule has 0 spiro atoms. The van der Waals surface area contributed by atoms with E-state index in [1.165, 1.54) is 0 Å². The second kappa shape index (κ2) is 3.03. The third kappa shape index (κ3) is 1.95. The van der Waals surface area contributed by atoms with E-state index >= 15 is 0 Å². The molecule has 0 saturated heterocycles. The van der Waals surface area contributed by atoms with Crippen molar-refractivity contribution in [2.45, 2.75) is 25.5 Å². The summed E-state index contributed by atoms with van der Waals surface area (Å²) in [7, 11) is -3.92. The molecule has 1 unspecified atom stereocenters. The molecule has 1 atom stereocenters. The van der Waals surface area contributed by atoms with E-state index in [9.17, 15) is 8.42 Å². The van der Waals surface area contributed by atoms with Crippen molar-refractivity contribution in [3.63, 3.8) is 0 Å². The van der Waals surface area contributed by atoms with Crippen LogP contribution < -0.4 is 0 Å². The fourth-order valence-corrected chi connectivity index (χ4v) is 2.26. The number of rotatable bonds is 1. The van der Waals surface area contributed by atoms with Gasteiger partial charge in [0.05, 0.1) is 0 Å². The Labute approximate surface area is 72.5 Å². The summed E-state index contributed by atoms with van der Waals surface area (Å²) in [6.45, 7) is 3.56. The first-order valence-electron chi connectivity index (χ1n) is 3.71. The molecule has 1 N–H and O–H groups in total. The van der Waals surface area contributed by atoms with Crippen LogP contribution in [0.25, 0.3) is 0 Å². The van der Waals surface area contributed by atoms with Gasteiger partial charge in [-0.05, 0) is 20.3 Å². The van der Waals surface area contributed by atoms with Crippen LogP contribution in [-0.2, 0) is 10.1 Å². The summed E-state index contributed by atoms with van der Waals surface area (Å²) >= 11 is 0. The van der Waals surface area contributed by atoms with Crippen LogP contribution in [0.4, 0.5) is 0 Å². The van der Waals surface area contributed by atoms with Crippen LogP contribution >= 0.6 is 0 Å². The zero-order valence-corrected chi connectivity index (χ0v) is 7.93. The SMILES string of the molecule is CC1=CC=C(C)C(S(=O)(=O)O)C1. The molecule has 0 aromatic rings. The summed E-state index contributed by atoms with van der Waals surface area (Å²) < 4.78 is 30.5. The van der Waals surface area contributed by atoms with Gasteiger partial charge in [-0.3, -0.25) is 4.55 Å². The Morgan fingerprint density at radius 1 is 1.42 bits per heavy atom. The molecule has 0 fully saturated rings. The van der Waals surface area contributed by atoms with Gasteiger partial charge >= 0.3 is 0 Å². The summed E-state index contributed by atoms with van der Waals surface area (Å²) in [5.74, 6) is 0. The van der Waals surface area contributed by atoms with E-state index < -0.39 is 15.4 Å². The maximum Gasteiger partial charge on any atom is 0.271 e. The lowest BCUT2D eigenvalue weighted by molar-refractivity contribution is 0.471. The molecule has 0 aromatic carbocycles. The average molecular weight is 188 g/mol. The number of allylic oxidation sites excluding steroid dienone is 3. The Morgan fingerprint density at radius 3 is 2.42 bits per heavy atom. The average Bonchev–Trinajstić information content (AvgIpc) is 1.92. The lowest BCUT2D eigenvalue weighted by Gasteiger charge is -2.17. The Hall–Kier alpha value is -0.610. The molecular formula is C8H12O3S. The van der Waals surface area contributed by atoms with Crippen molar-refractivity contribution in [2.75, 3.05) is 0 Å². The van der Waals surface area contributed by atoms with Gasteiger partial charge in [-0.2, -0.15) is 8.42 Å². The van der Waals surface area contributed by atoms with Gasteiger partial charge in [0.25, 0.3) is 10.1 Å². The van der Waals surface area contributed by atoms with Crippen molar-refractivity contribution in [3.05, 3.63) is 23.3 Å². The Bertz CT molecular complexity index is 335. The minimum absolute atomic E-state index is 0.404. The molecule has 0 amide bonds. The number of hydrogen-bond donors (Lipinski definition) is 1. The molecule has 4 heteroatoms. The summed E-state index contributed by atoms with van der Waals surface area (Å²) in [5.41, 5.74) is 1.67. The van der Waals surface area contributed by atoms with Gasteiger partial charge in [0.1, 0.15) is 5.25 Å². The van der Waals surface area contributed by atoms with Crippen molar-refractivity contribution in [1.82, 2.24) is 0 Å². The Kier molecular flexibility index (Phi) is 2.39. The first kappa shape index (κ1) is 9.48. The lowest BCUT2D eigenvalue weighted by atomic mass is 10.0. The molecule has 1 aliphatic carbocycles. The first-order valence-corrected chi connectivity index (χ1v) is 5.22. The maximum absolute atomic E-state index is 10.8. The van der Waals surface area contributed by atoms with Crippen LogP contribution in [0.2, 0.25) is 0 Å². The first-order chi connectivity index (χ1) is 5.41. The van der Waals surface area contributed by atoms with Gasteiger partial charge in [-0.25, -0.2) is 0 Å². The highest BCUT2D eigenvalue weighted by molar-refractivity contribution is 7.86. The van der Waals surface area contributed by atoms with E-state index in [1.54, 1.807) is 13.0 Å². The summed E-state index contributed by atoms with van der Waals surface area (Å²) in [4.78, 5) is 0. The maximum atomic E-state index is 10.8. The minimum atomic E-state index is -3.92. The van der Waals surface area contributed by atoms with E-state index in [0.29, 0.717) is 12.0 Å². The Morgan fingerprint density at radius 2 is 2.00 bits per heavy atom. The van der Waals surface area contributed by atoms with Gasteiger partial charge < -0.3 is 0 Å². The summed E-state index contributed by atoms with van der Waals surface area (Å²) in [5, 5.41) is -0.734. The zero-order valence-electron chi connectivity index (χ0n) is 7.11. The van der Waals surface area contributed by atoms with E-state index in [-0.39, 0.29) is 0 Å². The summed E-state index contributed by atoms with van der Waals surface area (Å²) in [6, 6.07) is 0. The number of hydrogen-bond acceptors (Lipinski definition) is 2. The van der Waals surface area contributed by atoms with Crippen molar-refractivity contribution in [2.24, 2.45) is 0 Å². The van der Waals surface area contributed by atoms with Crippen LogP contribution in [0.5, 0.6) is 0 Å². The monoisotopic (exact) mass is 188 g/mol. The van der Waals surface area contributed by atoms with E-state index in [0.717, 1.165) is 5.57 Å². The molecule has 0 saturated carbocycles. The molecule has 0 heterocycles. The fraction of sp³-hybridized carbons (Fsp3) is 0.500. The third-order valence-electron chi connectivity index (χ3n) is 2.01. The molecule has 0 aliphatic heterocycles.